The first-order valence-electron chi connectivity index (χ1n) is 7.10. The predicted octanol–water partition coefficient (Wildman–Crippen LogP) is 2.28. The number of carbonyl (C=O) groups is 2. The molecule has 0 aliphatic carbocycles. The molecule has 3 amide bonds. The minimum absolute atomic E-state index is 0.0156. The van der Waals surface area contributed by atoms with E-state index in [0.29, 0.717) is 24.2 Å². The van der Waals surface area contributed by atoms with Crippen molar-refractivity contribution < 1.29 is 9.59 Å². The standard InChI is InChI=1S/C15H24N4O2/c1-10(2)17-15(21)19-13-7-5-12(6-8-13)18-14(20)9-4-11(3)16/h5-8,10-11H,4,9,16H2,1-3H3,(H,18,20)(H2,17,19,21). The topological polar surface area (TPSA) is 96.2 Å². The Bertz CT molecular complexity index is 469. The SMILES string of the molecule is CC(N)CCC(=O)Nc1ccc(NC(=O)NC(C)C)cc1. The van der Waals surface area contributed by atoms with Crippen LogP contribution in [0.4, 0.5) is 16.2 Å². The number of carbonyl (C=O) groups excluding carboxylic acids is 2. The highest BCUT2D eigenvalue weighted by Gasteiger charge is 2.06. The molecule has 0 fully saturated rings. The maximum atomic E-state index is 11.7. The molecule has 0 saturated heterocycles. The van der Waals surface area contributed by atoms with Crippen molar-refractivity contribution in [2.75, 3.05) is 10.6 Å². The molecule has 0 spiro atoms. The number of anilines is 2. The molecule has 0 aromatic heterocycles. The molecule has 1 atom stereocenters. The fourth-order valence-electron chi connectivity index (χ4n) is 1.65. The summed E-state index contributed by atoms with van der Waals surface area (Å²) >= 11 is 0. The van der Waals surface area contributed by atoms with Crippen LogP contribution in [-0.4, -0.2) is 24.0 Å². The second-order valence-corrected chi connectivity index (χ2v) is 5.39. The van der Waals surface area contributed by atoms with Gasteiger partial charge < -0.3 is 21.7 Å². The Morgan fingerprint density at radius 1 is 1.05 bits per heavy atom. The van der Waals surface area contributed by atoms with E-state index in [1.807, 2.05) is 20.8 Å². The van der Waals surface area contributed by atoms with E-state index in [4.69, 9.17) is 5.73 Å². The predicted molar refractivity (Wildman–Crippen MR) is 85.2 cm³/mol. The highest BCUT2D eigenvalue weighted by Crippen LogP contribution is 2.14. The number of hydrogen-bond donors (Lipinski definition) is 4. The summed E-state index contributed by atoms with van der Waals surface area (Å²) in [6, 6.07) is 6.81. The fourth-order valence-corrected chi connectivity index (χ4v) is 1.65. The van der Waals surface area contributed by atoms with Crippen LogP contribution in [0.2, 0.25) is 0 Å². The smallest absolute Gasteiger partial charge is 0.319 e. The molecule has 6 nitrogen and oxygen atoms in total. The third-order valence-corrected chi connectivity index (χ3v) is 2.67. The van der Waals surface area contributed by atoms with E-state index in [2.05, 4.69) is 16.0 Å². The molecule has 1 unspecified atom stereocenters. The summed E-state index contributed by atoms with van der Waals surface area (Å²) in [4.78, 5) is 23.2. The highest BCUT2D eigenvalue weighted by atomic mass is 16.2. The Kier molecular flexibility index (Phi) is 6.68. The van der Waals surface area contributed by atoms with Gasteiger partial charge in [-0.2, -0.15) is 0 Å². The van der Waals surface area contributed by atoms with Gasteiger partial charge in [0.05, 0.1) is 0 Å². The first kappa shape index (κ1) is 17.0. The van der Waals surface area contributed by atoms with Gasteiger partial charge in [-0.05, 0) is 51.5 Å². The molecule has 116 valence electrons. The summed E-state index contributed by atoms with van der Waals surface area (Å²) < 4.78 is 0. The molecular weight excluding hydrogens is 268 g/mol. The first-order chi connectivity index (χ1) is 9.86. The van der Waals surface area contributed by atoms with Crippen LogP contribution in [0.1, 0.15) is 33.6 Å². The number of benzene rings is 1. The van der Waals surface area contributed by atoms with Crippen LogP contribution in [0.5, 0.6) is 0 Å². The van der Waals surface area contributed by atoms with Crippen molar-refractivity contribution in [2.45, 2.75) is 45.7 Å². The molecule has 0 bridgehead atoms. The van der Waals surface area contributed by atoms with E-state index in [0.717, 1.165) is 0 Å². The van der Waals surface area contributed by atoms with Gasteiger partial charge in [0, 0.05) is 29.9 Å². The molecule has 0 aliphatic rings. The lowest BCUT2D eigenvalue weighted by atomic mass is 10.2. The number of hydrogen-bond acceptors (Lipinski definition) is 3. The monoisotopic (exact) mass is 292 g/mol. The van der Waals surface area contributed by atoms with Crippen molar-refractivity contribution in [2.24, 2.45) is 5.73 Å². The van der Waals surface area contributed by atoms with E-state index < -0.39 is 0 Å². The highest BCUT2D eigenvalue weighted by molar-refractivity contribution is 5.92. The van der Waals surface area contributed by atoms with Crippen molar-refractivity contribution in [1.29, 1.82) is 0 Å². The van der Waals surface area contributed by atoms with Crippen LogP contribution in [0.3, 0.4) is 0 Å². The lowest BCUT2D eigenvalue weighted by molar-refractivity contribution is -0.116. The number of urea groups is 1. The van der Waals surface area contributed by atoms with E-state index in [9.17, 15) is 9.59 Å². The first-order valence-corrected chi connectivity index (χ1v) is 7.10. The largest absolute Gasteiger partial charge is 0.336 e. The molecule has 1 aromatic rings. The molecule has 1 rings (SSSR count). The van der Waals surface area contributed by atoms with Gasteiger partial charge in [-0.1, -0.05) is 0 Å². The number of nitrogens with two attached hydrogens (primary N) is 1. The van der Waals surface area contributed by atoms with Crippen LogP contribution in [0.25, 0.3) is 0 Å². The zero-order valence-corrected chi connectivity index (χ0v) is 12.8. The summed E-state index contributed by atoms with van der Waals surface area (Å²) in [6.07, 6.45) is 1.05. The van der Waals surface area contributed by atoms with E-state index in [-0.39, 0.29) is 24.0 Å². The Morgan fingerprint density at radius 2 is 1.57 bits per heavy atom. The van der Waals surface area contributed by atoms with E-state index >= 15 is 0 Å². The van der Waals surface area contributed by atoms with Crippen LogP contribution in [0.15, 0.2) is 24.3 Å². The van der Waals surface area contributed by atoms with Crippen molar-refractivity contribution in [3.05, 3.63) is 24.3 Å². The van der Waals surface area contributed by atoms with E-state index in [1.54, 1.807) is 24.3 Å². The number of rotatable bonds is 6. The van der Waals surface area contributed by atoms with E-state index in [1.165, 1.54) is 0 Å². The molecular formula is C15H24N4O2. The minimum Gasteiger partial charge on any atom is -0.336 e. The van der Waals surface area contributed by atoms with Gasteiger partial charge in [0.1, 0.15) is 0 Å². The maximum Gasteiger partial charge on any atom is 0.319 e. The minimum atomic E-state index is -0.251. The molecule has 0 radical (unpaired) electrons. The molecule has 6 heteroatoms. The molecule has 0 aliphatic heterocycles. The quantitative estimate of drug-likeness (QED) is 0.647. The fraction of sp³-hybridized carbons (Fsp3) is 0.467. The average molecular weight is 292 g/mol. The van der Waals surface area contributed by atoms with Crippen LogP contribution in [-0.2, 0) is 4.79 Å². The van der Waals surface area contributed by atoms with Gasteiger partial charge in [-0.3, -0.25) is 4.79 Å². The van der Waals surface area contributed by atoms with Crippen LogP contribution < -0.4 is 21.7 Å². The van der Waals surface area contributed by atoms with Crippen molar-refractivity contribution in [3.8, 4) is 0 Å². The van der Waals surface area contributed by atoms with Gasteiger partial charge in [0.25, 0.3) is 0 Å². The average Bonchev–Trinajstić information content (AvgIpc) is 2.37. The lowest BCUT2D eigenvalue weighted by Gasteiger charge is -2.11. The van der Waals surface area contributed by atoms with Crippen LogP contribution in [0, 0.1) is 0 Å². The van der Waals surface area contributed by atoms with Crippen molar-refractivity contribution in [3.63, 3.8) is 0 Å². The maximum absolute atomic E-state index is 11.7. The molecule has 1 aromatic carbocycles. The van der Waals surface area contributed by atoms with Gasteiger partial charge >= 0.3 is 6.03 Å². The van der Waals surface area contributed by atoms with Gasteiger partial charge in [0.2, 0.25) is 5.91 Å². The van der Waals surface area contributed by atoms with Crippen molar-refractivity contribution >= 4 is 23.3 Å². The second kappa shape index (κ2) is 8.26. The van der Waals surface area contributed by atoms with Gasteiger partial charge in [-0.25, -0.2) is 4.79 Å². The number of amides is 3. The van der Waals surface area contributed by atoms with Crippen LogP contribution >= 0.6 is 0 Å². The zero-order chi connectivity index (χ0) is 15.8. The summed E-state index contributed by atoms with van der Waals surface area (Å²) in [5.74, 6) is -0.0643. The Balaban J connectivity index is 2.46. The summed E-state index contributed by atoms with van der Waals surface area (Å²) in [5.41, 5.74) is 6.97. The summed E-state index contributed by atoms with van der Waals surface area (Å²) in [6.45, 7) is 5.65. The zero-order valence-electron chi connectivity index (χ0n) is 12.8. The molecule has 21 heavy (non-hydrogen) atoms. The van der Waals surface area contributed by atoms with Gasteiger partial charge in [-0.15, -0.1) is 0 Å². The third kappa shape index (κ3) is 7.31. The molecule has 0 saturated carbocycles. The molecule has 5 N–H and O–H groups in total. The van der Waals surface area contributed by atoms with Crippen molar-refractivity contribution in [1.82, 2.24) is 5.32 Å². The summed E-state index contributed by atoms with van der Waals surface area (Å²) in [7, 11) is 0. The normalized spacial score (nSPS) is 11.9. The Labute approximate surface area is 125 Å². The Hall–Kier alpha value is -2.08. The third-order valence-electron chi connectivity index (χ3n) is 2.67. The number of nitrogens with one attached hydrogen (secondary N) is 3. The summed E-state index contributed by atoms with van der Waals surface area (Å²) in [5, 5.41) is 8.24. The Morgan fingerprint density at radius 3 is 2.05 bits per heavy atom. The lowest BCUT2D eigenvalue weighted by Crippen LogP contribution is -2.34. The second-order valence-electron chi connectivity index (χ2n) is 5.39. The molecule has 0 heterocycles. The van der Waals surface area contributed by atoms with Gasteiger partial charge in [0.15, 0.2) is 0 Å².